The first-order valence-electron chi connectivity index (χ1n) is 6.61. The maximum absolute atomic E-state index is 13.4. The number of aromatic carboxylic acids is 1. The number of carboxylic acid groups (broad SMARTS) is 1. The van der Waals surface area contributed by atoms with Gasteiger partial charge < -0.3 is 9.84 Å². The predicted octanol–water partition coefficient (Wildman–Crippen LogP) is 5.88. The molecule has 1 rings (SSSR count). The van der Waals surface area contributed by atoms with Gasteiger partial charge in [0.15, 0.2) is 0 Å². The van der Waals surface area contributed by atoms with Crippen molar-refractivity contribution in [2.75, 3.05) is 0 Å². The molecule has 0 aromatic heterocycles. The number of ether oxygens (including phenoxy) is 1. The highest BCUT2D eigenvalue weighted by molar-refractivity contribution is 5.87. The Hall–Kier alpha value is -2.13. The molecule has 3 nitrogen and oxygen atoms in total. The Kier molecular flexibility index (Phi) is 7.29. The van der Waals surface area contributed by atoms with Gasteiger partial charge in [0.1, 0.15) is 5.75 Å². The van der Waals surface area contributed by atoms with Crippen molar-refractivity contribution in [2.45, 2.75) is 36.0 Å². The zero-order chi connectivity index (χ0) is 23.3. The molecular weight excluding hydrogens is 487 g/mol. The summed E-state index contributed by atoms with van der Waals surface area (Å²) in [6.07, 6.45) is -14.2. The average molecular weight is 493 g/mol. The second kappa shape index (κ2) is 7.85. The molecule has 0 unspecified atom stereocenters. The first-order valence-corrected chi connectivity index (χ1v) is 6.61. The van der Waals surface area contributed by atoms with Crippen molar-refractivity contribution >= 4 is 18.4 Å². The standard InChI is InChI=1S/C13H5F13O3.ClH/c14-8(15,10(18,19)12(22,23)24)9(16,17)11(20,21)13(25,26)29-6-3-1-5(2-4-6)7(27)28;/h1-4H,(H,27,28);1H. The van der Waals surface area contributed by atoms with E-state index in [1.54, 1.807) is 0 Å². The Labute approximate surface area is 162 Å². The first-order chi connectivity index (χ1) is 12.6. The van der Waals surface area contributed by atoms with Gasteiger partial charge >= 0.3 is 41.9 Å². The lowest BCUT2D eigenvalue weighted by Gasteiger charge is -2.39. The Morgan fingerprint density at radius 3 is 1.37 bits per heavy atom. The van der Waals surface area contributed by atoms with Crippen molar-refractivity contribution in [3.8, 4) is 5.75 Å². The SMILES string of the molecule is Cl.O=C(O)c1ccc(OC(F)(F)C(F)(F)C(F)(F)C(F)(F)C(F)(F)C(F)(F)F)cc1. The van der Waals surface area contributed by atoms with E-state index < -0.39 is 53.3 Å². The molecular formula is C13H6ClF13O3. The zero-order valence-corrected chi connectivity index (χ0v) is 14.2. The van der Waals surface area contributed by atoms with Crippen LogP contribution in [0.3, 0.4) is 0 Å². The molecule has 0 spiro atoms. The maximum Gasteiger partial charge on any atom is 0.471 e. The Balaban J connectivity index is 0.00000841. The number of hydrogen-bond acceptors (Lipinski definition) is 2. The van der Waals surface area contributed by atoms with Gasteiger partial charge in [-0.3, -0.25) is 0 Å². The summed E-state index contributed by atoms with van der Waals surface area (Å²) in [7, 11) is 0. The van der Waals surface area contributed by atoms with E-state index in [4.69, 9.17) is 5.11 Å². The van der Waals surface area contributed by atoms with E-state index in [1.165, 1.54) is 0 Å². The maximum atomic E-state index is 13.4. The van der Waals surface area contributed by atoms with E-state index in [9.17, 15) is 61.9 Å². The van der Waals surface area contributed by atoms with Crippen LogP contribution in [0.5, 0.6) is 5.75 Å². The normalized spacial score (nSPS) is 14.2. The third-order valence-corrected chi connectivity index (χ3v) is 3.25. The fourth-order valence-corrected chi connectivity index (χ4v) is 1.63. The number of hydrogen-bond donors (Lipinski definition) is 1. The zero-order valence-electron chi connectivity index (χ0n) is 13.4. The summed E-state index contributed by atoms with van der Waals surface area (Å²) in [5, 5.41) is 8.52. The molecule has 0 fully saturated rings. The van der Waals surface area contributed by atoms with Crippen molar-refractivity contribution in [1.82, 2.24) is 0 Å². The number of benzene rings is 1. The van der Waals surface area contributed by atoms with Crippen molar-refractivity contribution < 1.29 is 71.7 Å². The van der Waals surface area contributed by atoms with Gasteiger partial charge in [-0.05, 0) is 24.3 Å². The molecule has 1 aromatic rings. The largest absolute Gasteiger partial charge is 0.478 e. The van der Waals surface area contributed by atoms with E-state index in [0.717, 1.165) is 0 Å². The van der Waals surface area contributed by atoms with Crippen LogP contribution in [0.4, 0.5) is 57.1 Å². The molecule has 0 aliphatic rings. The summed E-state index contributed by atoms with van der Waals surface area (Å²) in [4.78, 5) is 10.5. The third kappa shape index (κ3) is 4.18. The summed E-state index contributed by atoms with van der Waals surface area (Å²) < 4.78 is 170. The van der Waals surface area contributed by atoms with Gasteiger partial charge in [0, 0.05) is 0 Å². The highest BCUT2D eigenvalue weighted by Crippen LogP contribution is 2.60. The van der Waals surface area contributed by atoms with E-state index in [0.29, 0.717) is 12.1 Å². The number of alkyl halides is 13. The van der Waals surface area contributed by atoms with Crippen LogP contribution in [0.2, 0.25) is 0 Å². The van der Waals surface area contributed by atoms with E-state index in [2.05, 4.69) is 4.74 Å². The van der Waals surface area contributed by atoms with Crippen molar-refractivity contribution in [3.05, 3.63) is 29.8 Å². The molecule has 0 aliphatic heterocycles. The second-order valence-corrected chi connectivity index (χ2v) is 5.24. The average Bonchev–Trinajstić information content (AvgIpc) is 2.53. The van der Waals surface area contributed by atoms with E-state index in [-0.39, 0.29) is 24.5 Å². The number of halogens is 14. The van der Waals surface area contributed by atoms with Gasteiger partial charge in [-0.25, -0.2) is 4.79 Å². The predicted molar refractivity (Wildman–Crippen MR) is 72.1 cm³/mol. The topological polar surface area (TPSA) is 46.5 Å². The molecule has 30 heavy (non-hydrogen) atoms. The first kappa shape index (κ1) is 27.9. The summed E-state index contributed by atoms with van der Waals surface area (Å²) in [5.74, 6) is -34.6. The summed E-state index contributed by atoms with van der Waals surface area (Å²) in [6.45, 7) is 0. The molecule has 0 bridgehead atoms. The van der Waals surface area contributed by atoms with E-state index >= 15 is 0 Å². The van der Waals surface area contributed by atoms with Crippen LogP contribution in [-0.2, 0) is 0 Å². The summed E-state index contributed by atoms with van der Waals surface area (Å²) in [6, 6.07) is 1.18. The van der Waals surface area contributed by atoms with Crippen LogP contribution in [0.15, 0.2) is 24.3 Å². The lowest BCUT2D eigenvalue weighted by Crippen LogP contribution is -2.70. The number of rotatable bonds is 7. The minimum Gasteiger partial charge on any atom is -0.478 e. The highest BCUT2D eigenvalue weighted by Gasteiger charge is 2.91. The molecule has 0 amide bonds. The highest BCUT2D eigenvalue weighted by atomic mass is 35.5. The monoisotopic (exact) mass is 492 g/mol. The summed E-state index contributed by atoms with van der Waals surface area (Å²) >= 11 is 0. The molecule has 0 aliphatic carbocycles. The van der Waals surface area contributed by atoms with Crippen molar-refractivity contribution in [2.24, 2.45) is 0 Å². The molecule has 0 saturated heterocycles. The quantitative estimate of drug-likeness (QED) is 0.484. The van der Waals surface area contributed by atoms with Gasteiger partial charge in [-0.15, -0.1) is 12.4 Å². The minimum absolute atomic E-state index is 0. The van der Waals surface area contributed by atoms with Gasteiger partial charge in [0.05, 0.1) is 5.56 Å². The molecule has 0 heterocycles. The van der Waals surface area contributed by atoms with Gasteiger partial charge in [0.2, 0.25) is 0 Å². The molecule has 1 aromatic carbocycles. The van der Waals surface area contributed by atoms with Crippen molar-refractivity contribution in [3.63, 3.8) is 0 Å². The van der Waals surface area contributed by atoms with Crippen LogP contribution in [0.25, 0.3) is 0 Å². The molecule has 0 saturated carbocycles. The Bertz CT molecular complexity index is 759. The lowest BCUT2D eigenvalue weighted by molar-refractivity contribution is -0.456. The fraction of sp³-hybridized carbons (Fsp3) is 0.462. The fourth-order valence-electron chi connectivity index (χ4n) is 1.63. The van der Waals surface area contributed by atoms with Crippen LogP contribution in [0, 0.1) is 0 Å². The Morgan fingerprint density at radius 2 is 1.03 bits per heavy atom. The summed E-state index contributed by atoms with van der Waals surface area (Å²) in [5.41, 5.74) is -0.658. The molecule has 17 heteroatoms. The third-order valence-electron chi connectivity index (χ3n) is 3.25. The smallest absolute Gasteiger partial charge is 0.471 e. The van der Waals surface area contributed by atoms with Gasteiger partial charge in [-0.2, -0.15) is 57.1 Å². The number of carbonyl (C=O) groups is 1. The van der Waals surface area contributed by atoms with Gasteiger partial charge in [-0.1, -0.05) is 0 Å². The number of carboxylic acids is 1. The Morgan fingerprint density at radius 1 is 0.667 bits per heavy atom. The van der Waals surface area contributed by atoms with Crippen LogP contribution in [-0.4, -0.2) is 47.1 Å². The lowest BCUT2D eigenvalue weighted by atomic mass is 9.97. The van der Waals surface area contributed by atoms with E-state index in [1.807, 2.05) is 0 Å². The minimum atomic E-state index is -8.03. The molecule has 174 valence electrons. The van der Waals surface area contributed by atoms with Crippen molar-refractivity contribution in [1.29, 1.82) is 0 Å². The van der Waals surface area contributed by atoms with Gasteiger partial charge in [0.25, 0.3) is 0 Å². The molecule has 1 N–H and O–H groups in total. The molecule has 0 atom stereocenters. The second-order valence-electron chi connectivity index (χ2n) is 5.24. The van der Waals surface area contributed by atoms with Crippen LogP contribution >= 0.6 is 12.4 Å². The molecule has 0 radical (unpaired) electrons. The van der Waals surface area contributed by atoms with Crippen LogP contribution in [0.1, 0.15) is 10.4 Å². The van der Waals surface area contributed by atoms with Crippen LogP contribution < -0.4 is 4.74 Å².